The van der Waals surface area contributed by atoms with E-state index in [2.05, 4.69) is 4.99 Å². The molecule has 0 saturated carbocycles. The van der Waals surface area contributed by atoms with Crippen LogP contribution in [0.3, 0.4) is 0 Å². The van der Waals surface area contributed by atoms with Gasteiger partial charge in [0.05, 0.1) is 6.10 Å². The molecule has 2 rings (SSSR count). The minimum atomic E-state index is -1.11. The average molecular weight is 276 g/mol. The van der Waals surface area contributed by atoms with E-state index in [0.29, 0.717) is 0 Å². The third-order valence-electron chi connectivity index (χ3n) is 3.36. The van der Waals surface area contributed by atoms with E-state index in [1.54, 1.807) is 6.92 Å². The van der Waals surface area contributed by atoms with Gasteiger partial charge in [-0.15, -0.1) is 0 Å². The fraction of sp³-hybridized carbons (Fsp3) is 0.909. The summed E-state index contributed by atoms with van der Waals surface area (Å²) in [5.74, 6) is 0. The normalized spacial score (nSPS) is 41.2. The van der Waals surface area contributed by atoms with Gasteiger partial charge in [-0.05, 0) is 13.8 Å². The number of aliphatic hydroxyl groups excluding tert-OH is 3. The monoisotopic (exact) mass is 276 g/mol. The molecular formula is C11H20N2O4S. The molecule has 0 amide bonds. The molecule has 104 valence electrons. The fourth-order valence-electron chi connectivity index (χ4n) is 2.09. The Labute approximate surface area is 111 Å². The number of amidine groups is 1. The Morgan fingerprint density at radius 3 is 2.67 bits per heavy atom. The molecule has 1 saturated heterocycles. The molecule has 0 aromatic heterocycles. The number of hydrogen-bond donors (Lipinski definition) is 3. The Hall–Kier alpha value is -0.340. The number of aliphatic hydroxyl groups is 3. The summed E-state index contributed by atoms with van der Waals surface area (Å²) in [7, 11) is 1.91. The molecule has 0 aliphatic carbocycles. The molecule has 2 heterocycles. The van der Waals surface area contributed by atoms with Gasteiger partial charge in [0.15, 0.2) is 5.17 Å². The summed E-state index contributed by atoms with van der Waals surface area (Å²) in [6.45, 7) is 4.36. The van der Waals surface area contributed by atoms with E-state index in [1.165, 1.54) is 11.8 Å². The van der Waals surface area contributed by atoms with Crippen molar-refractivity contribution in [3.05, 3.63) is 0 Å². The summed E-state index contributed by atoms with van der Waals surface area (Å²) in [5.41, 5.74) is -0.341. The van der Waals surface area contributed by atoms with Crippen LogP contribution in [-0.4, -0.2) is 74.9 Å². The molecule has 1 unspecified atom stereocenters. The SMILES string of the molecule is CCN(C)C1=N[C@@H]2[C@@H](O)[C@H](O)[C@@H](C(C)O)O[C@@H]2S1. The molecule has 18 heavy (non-hydrogen) atoms. The third-order valence-corrected chi connectivity index (χ3v) is 4.61. The Kier molecular flexibility index (Phi) is 4.18. The summed E-state index contributed by atoms with van der Waals surface area (Å²) < 4.78 is 5.64. The van der Waals surface area contributed by atoms with Crippen LogP contribution in [0.25, 0.3) is 0 Å². The van der Waals surface area contributed by atoms with E-state index in [9.17, 15) is 15.3 Å². The second kappa shape index (κ2) is 5.34. The van der Waals surface area contributed by atoms with Crippen LogP contribution in [0.15, 0.2) is 4.99 Å². The largest absolute Gasteiger partial charge is 0.391 e. The lowest BCUT2D eigenvalue weighted by Crippen LogP contribution is -2.57. The van der Waals surface area contributed by atoms with E-state index in [-0.39, 0.29) is 5.44 Å². The highest BCUT2D eigenvalue weighted by molar-refractivity contribution is 8.14. The van der Waals surface area contributed by atoms with Gasteiger partial charge in [-0.1, -0.05) is 11.8 Å². The lowest BCUT2D eigenvalue weighted by molar-refractivity contribution is -0.181. The minimum Gasteiger partial charge on any atom is -0.391 e. The van der Waals surface area contributed by atoms with Gasteiger partial charge in [-0.3, -0.25) is 4.99 Å². The number of hydrogen-bond acceptors (Lipinski definition) is 7. The van der Waals surface area contributed by atoms with Crippen molar-refractivity contribution in [1.82, 2.24) is 4.90 Å². The van der Waals surface area contributed by atoms with Crippen molar-refractivity contribution in [2.24, 2.45) is 4.99 Å². The first-order valence-corrected chi connectivity index (χ1v) is 6.99. The van der Waals surface area contributed by atoms with E-state index in [4.69, 9.17) is 4.74 Å². The molecule has 1 fully saturated rings. The lowest BCUT2D eigenvalue weighted by atomic mass is 9.95. The van der Waals surface area contributed by atoms with Crippen LogP contribution in [-0.2, 0) is 4.74 Å². The molecule has 2 aliphatic rings. The van der Waals surface area contributed by atoms with Crippen molar-refractivity contribution in [2.45, 2.75) is 49.7 Å². The second-order valence-electron chi connectivity index (χ2n) is 4.73. The number of aliphatic imine (C=N–C) groups is 1. The van der Waals surface area contributed by atoms with E-state index in [1.807, 2.05) is 18.9 Å². The number of ether oxygens (including phenoxy) is 1. The summed E-state index contributed by atoms with van der Waals surface area (Å²) >= 11 is 1.43. The van der Waals surface area contributed by atoms with E-state index >= 15 is 0 Å². The molecule has 2 aliphatic heterocycles. The first kappa shape index (κ1) is 14.1. The van der Waals surface area contributed by atoms with Crippen molar-refractivity contribution in [2.75, 3.05) is 13.6 Å². The van der Waals surface area contributed by atoms with Crippen LogP contribution in [0.1, 0.15) is 13.8 Å². The van der Waals surface area contributed by atoms with Gasteiger partial charge in [0, 0.05) is 13.6 Å². The molecular weight excluding hydrogens is 256 g/mol. The highest BCUT2D eigenvalue weighted by Crippen LogP contribution is 2.37. The van der Waals surface area contributed by atoms with Crippen molar-refractivity contribution < 1.29 is 20.1 Å². The second-order valence-corrected chi connectivity index (χ2v) is 5.79. The third kappa shape index (κ3) is 2.37. The molecule has 0 radical (unpaired) electrons. The van der Waals surface area contributed by atoms with Crippen LogP contribution in [0.4, 0.5) is 0 Å². The molecule has 0 aromatic carbocycles. The summed E-state index contributed by atoms with van der Waals surface area (Å²) in [5, 5.41) is 30.3. The van der Waals surface area contributed by atoms with Gasteiger partial charge in [0.2, 0.25) is 0 Å². The van der Waals surface area contributed by atoms with Crippen LogP contribution in [0.5, 0.6) is 0 Å². The Morgan fingerprint density at radius 2 is 2.11 bits per heavy atom. The molecule has 7 heteroatoms. The average Bonchev–Trinajstić information content (AvgIpc) is 2.76. The summed E-state index contributed by atoms with van der Waals surface area (Å²) in [6, 6.07) is -0.469. The number of rotatable bonds is 2. The minimum absolute atomic E-state index is 0.341. The maximum Gasteiger partial charge on any atom is 0.162 e. The Balaban J connectivity index is 2.13. The molecule has 0 bridgehead atoms. The fourth-order valence-corrected chi connectivity index (χ4v) is 3.34. The lowest BCUT2D eigenvalue weighted by Gasteiger charge is -2.39. The smallest absolute Gasteiger partial charge is 0.162 e. The summed E-state index contributed by atoms with van der Waals surface area (Å²) in [4.78, 5) is 6.36. The van der Waals surface area contributed by atoms with Gasteiger partial charge in [-0.25, -0.2) is 0 Å². The van der Waals surface area contributed by atoms with E-state index in [0.717, 1.165) is 11.7 Å². The molecule has 0 spiro atoms. The zero-order chi connectivity index (χ0) is 13.4. The highest BCUT2D eigenvalue weighted by atomic mass is 32.2. The molecule has 6 atom stereocenters. The number of thioether (sulfide) groups is 1. The van der Waals surface area contributed by atoms with Gasteiger partial charge in [-0.2, -0.15) is 0 Å². The predicted octanol–water partition coefficient (Wildman–Crippen LogP) is -0.763. The zero-order valence-corrected chi connectivity index (χ0v) is 11.5. The standard InChI is InChI=1S/C11H20N2O4S/c1-4-13(3)11-12-6-7(15)8(16)9(5(2)14)17-10(6)18-11/h5-10,14-16H,4H2,1-3H3/t5?,6-,7-,8+,9-,10-/m1/s1. The van der Waals surface area contributed by atoms with Crippen LogP contribution in [0.2, 0.25) is 0 Å². The molecule has 6 nitrogen and oxygen atoms in total. The van der Waals surface area contributed by atoms with Crippen LogP contribution < -0.4 is 0 Å². The first-order valence-electron chi connectivity index (χ1n) is 6.11. The van der Waals surface area contributed by atoms with Crippen molar-refractivity contribution in [3.63, 3.8) is 0 Å². The number of nitrogens with zero attached hydrogens (tertiary/aromatic N) is 2. The number of fused-ring (bicyclic) bond motifs is 1. The van der Waals surface area contributed by atoms with Crippen LogP contribution >= 0.6 is 11.8 Å². The predicted molar refractivity (Wildman–Crippen MR) is 69.5 cm³/mol. The molecule has 0 aromatic rings. The van der Waals surface area contributed by atoms with Crippen molar-refractivity contribution in [3.8, 4) is 0 Å². The quantitative estimate of drug-likeness (QED) is 0.614. The topological polar surface area (TPSA) is 85.5 Å². The van der Waals surface area contributed by atoms with E-state index < -0.39 is 30.5 Å². The van der Waals surface area contributed by atoms with Gasteiger partial charge < -0.3 is 25.0 Å². The first-order chi connectivity index (χ1) is 8.45. The van der Waals surface area contributed by atoms with Crippen molar-refractivity contribution in [1.29, 1.82) is 0 Å². The van der Waals surface area contributed by atoms with Gasteiger partial charge in [0.1, 0.15) is 29.8 Å². The highest BCUT2D eigenvalue weighted by Gasteiger charge is 2.49. The Bertz CT molecular complexity index is 339. The van der Waals surface area contributed by atoms with Crippen LogP contribution in [0, 0.1) is 0 Å². The van der Waals surface area contributed by atoms with Gasteiger partial charge >= 0.3 is 0 Å². The molecule has 3 N–H and O–H groups in total. The van der Waals surface area contributed by atoms with Gasteiger partial charge in [0.25, 0.3) is 0 Å². The summed E-state index contributed by atoms with van der Waals surface area (Å²) in [6.07, 6.45) is -3.71. The Morgan fingerprint density at radius 1 is 1.44 bits per heavy atom. The maximum atomic E-state index is 10.1. The zero-order valence-electron chi connectivity index (χ0n) is 10.7. The maximum absolute atomic E-state index is 10.1. The van der Waals surface area contributed by atoms with Crippen molar-refractivity contribution >= 4 is 16.9 Å².